The molecular formula is C22H24FN3O6. The normalized spacial score (nSPS) is 13.6. The second kappa shape index (κ2) is 11.7. The molecule has 0 aliphatic carbocycles. The van der Waals surface area contributed by atoms with Crippen LogP contribution < -0.4 is 19.6 Å². The summed E-state index contributed by atoms with van der Waals surface area (Å²) in [6.45, 7) is 1.65. The largest absolute Gasteiger partial charge is 0.493 e. The van der Waals surface area contributed by atoms with Crippen LogP contribution in [0.4, 0.5) is 4.39 Å². The van der Waals surface area contributed by atoms with Crippen LogP contribution in [0.2, 0.25) is 0 Å². The third-order valence-corrected chi connectivity index (χ3v) is 4.50. The van der Waals surface area contributed by atoms with E-state index in [2.05, 4.69) is 10.5 Å². The first-order valence-corrected chi connectivity index (χ1v) is 9.92. The number of hydrazone groups is 1. The highest BCUT2D eigenvalue weighted by molar-refractivity contribution is 5.84. The molecule has 0 radical (unpaired) electrons. The summed E-state index contributed by atoms with van der Waals surface area (Å²) < 4.78 is 34.7. The van der Waals surface area contributed by atoms with E-state index in [0.29, 0.717) is 43.4 Å². The summed E-state index contributed by atoms with van der Waals surface area (Å²) in [5.41, 5.74) is 2.93. The predicted molar refractivity (Wildman–Crippen MR) is 114 cm³/mol. The van der Waals surface area contributed by atoms with Crippen LogP contribution in [-0.4, -0.2) is 69.6 Å². The SMILES string of the molecule is COc1cc(/C=N/NC(=O)COc2ccccc2F)ccc1OCC(=O)N1CCOCC1. The van der Waals surface area contributed by atoms with E-state index in [9.17, 15) is 14.0 Å². The molecule has 3 rings (SSSR count). The van der Waals surface area contributed by atoms with Gasteiger partial charge in [0, 0.05) is 13.1 Å². The Morgan fingerprint density at radius 3 is 2.59 bits per heavy atom. The minimum absolute atomic E-state index is 0.0148. The van der Waals surface area contributed by atoms with Crippen molar-refractivity contribution < 1.29 is 32.9 Å². The molecule has 1 aliphatic heterocycles. The number of hydrogen-bond acceptors (Lipinski definition) is 7. The van der Waals surface area contributed by atoms with Crippen molar-refractivity contribution in [1.82, 2.24) is 10.3 Å². The zero-order valence-electron chi connectivity index (χ0n) is 17.6. The summed E-state index contributed by atoms with van der Waals surface area (Å²) in [4.78, 5) is 25.7. The van der Waals surface area contributed by atoms with E-state index in [1.807, 2.05) is 0 Å². The molecule has 2 aromatic rings. The van der Waals surface area contributed by atoms with E-state index in [1.54, 1.807) is 29.2 Å². The topological polar surface area (TPSA) is 98.7 Å². The second-order valence-corrected chi connectivity index (χ2v) is 6.70. The lowest BCUT2D eigenvalue weighted by atomic mass is 10.2. The van der Waals surface area contributed by atoms with Crippen LogP contribution in [0.3, 0.4) is 0 Å². The van der Waals surface area contributed by atoms with Gasteiger partial charge in [-0.05, 0) is 35.9 Å². The summed E-state index contributed by atoms with van der Waals surface area (Å²) in [6.07, 6.45) is 1.41. The number of rotatable bonds is 9. The van der Waals surface area contributed by atoms with Crippen LogP contribution in [0.15, 0.2) is 47.6 Å². The Morgan fingerprint density at radius 2 is 1.84 bits per heavy atom. The van der Waals surface area contributed by atoms with Crippen molar-refractivity contribution in [1.29, 1.82) is 0 Å². The number of para-hydroxylation sites is 1. The first kappa shape index (κ1) is 23.0. The molecule has 0 unspecified atom stereocenters. The number of morpholine rings is 1. The number of hydrogen-bond donors (Lipinski definition) is 1. The highest BCUT2D eigenvalue weighted by atomic mass is 19.1. The monoisotopic (exact) mass is 445 g/mol. The maximum atomic E-state index is 13.5. The second-order valence-electron chi connectivity index (χ2n) is 6.70. The number of benzene rings is 2. The summed E-state index contributed by atoms with van der Waals surface area (Å²) in [5, 5.41) is 3.85. The van der Waals surface area contributed by atoms with Gasteiger partial charge in [-0.1, -0.05) is 12.1 Å². The lowest BCUT2D eigenvalue weighted by molar-refractivity contribution is -0.137. The lowest BCUT2D eigenvalue weighted by Gasteiger charge is -2.26. The molecule has 1 fully saturated rings. The molecule has 2 aromatic carbocycles. The summed E-state index contributed by atoms with van der Waals surface area (Å²) in [7, 11) is 1.48. The molecule has 2 amide bonds. The number of amides is 2. The number of nitrogens with one attached hydrogen (secondary N) is 1. The first-order valence-electron chi connectivity index (χ1n) is 9.92. The van der Waals surface area contributed by atoms with E-state index in [-0.39, 0.29) is 24.9 Å². The molecule has 170 valence electrons. The number of carbonyl (C=O) groups excluding carboxylic acids is 2. The Kier molecular flexibility index (Phi) is 8.38. The van der Waals surface area contributed by atoms with Crippen LogP contribution in [-0.2, 0) is 14.3 Å². The third-order valence-electron chi connectivity index (χ3n) is 4.50. The number of carbonyl (C=O) groups is 2. The van der Waals surface area contributed by atoms with Gasteiger partial charge in [0.05, 0.1) is 26.5 Å². The maximum Gasteiger partial charge on any atom is 0.277 e. The van der Waals surface area contributed by atoms with Gasteiger partial charge in [0.1, 0.15) is 0 Å². The van der Waals surface area contributed by atoms with Crippen LogP contribution in [0.1, 0.15) is 5.56 Å². The standard InChI is InChI=1S/C22H24FN3O6/c1-29-20-12-16(6-7-19(20)32-15-22(28)26-8-10-30-11-9-26)13-24-25-21(27)14-31-18-5-3-2-4-17(18)23/h2-7,12-13H,8-11,14-15H2,1H3,(H,25,27)/b24-13+. The number of ether oxygens (including phenoxy) is 4. The Hall–Kier alpha value is -3.66. The summed E-state index contributed by atoms with van der Waals surface area (Å²) >= 11 is 0. The lowest BCUT2D eigenvalue weighted by Crippen LogP contribution is -2.43. The van der Waals surface area contributed by atoms with Gasteiger partial charge in [-0.3, -0.25) is 9.59 Å². The zero-order valence-corrected chi connectivity index (χ0v) is 17.6. The molecule has 9 nitrogen and oxygen atoms in total. The van der Waals surface area contributed by atoms with Gasteiger partial charge >= 0.3 is 0 Å². The van der Waals surface area contributed by atoms with E-state index < -0.39 is 11.7 Å². The highest BCUT2D eigenvalue weighted by Gasteiger charge is 2.18. The maximum absolute atomic E-state index is 13.5. The molecule has 10 heteroatoms. The van der Waals surface area contributed by atoms with Gasteiger partial charge < -0.3 is 23.8 Å². The minimum atomic E-state index is -0.551. The Bertz CT molecular complexity index is 962. The third kappa shape index (κ3) is 6.67. The average molecular weight is 445 g/mol. The highest BCUT2D eigenvalue weighted by Crippen LogP contribution is 2.27. The Morgan fingerprint density at radius 1 is 1.09 bits per heavy atom. The van der Waals surface area contributed by atoms with Crippen molar-refractivity contribution in [3.63, 3.8) is 0 Å². The van der Waals surface area contributed by atoms with Gasteiger partial charge in [0.2, 0.25) is 0 Å². The zero-order chi connectivity index (χ0) is 22.8. The molecule has 32 heavy (non-hydrogen) atoms. The fraction of sp³-hybridized carbons (Fsp3) is 0.318. The predicted octanol–water partition coefficient (Wildman–Crippen LogP) is 1.60. The van der Waals surface area contributed by atoms with E-state index in [0.717, 1.165) is 0 Å². The van der Waals surface area contributed by atoms with Crippen LogP contribution in [0.25, 0.3) is 0 Å². The Balaban J connectivity index is 1.49. The van der Waals surface area contributed by atoms with Crippen LogP contribution in [0.5, 0.6) is 17.2 Å². The Labute approximate surface area is 184 Å². The molecule has 1 heterocycles. The molecule has 1 N–H and O–H groups in total. The number of nitrogens with zero attached hydrogens (tertiary/aromatic N) is 2. The van der Waals surface area contributed by atoms with Crippen LogP contribution >= 0.6 is 0 Å². The van der Waals surface area contributed by atoms with Crippen molar-refractivity contribution in [3.05, 3.63) is 53.8 Å². The molecule has 0 atom stereocenters. The quantitative estimate of drug-likeness (QED) is 0.465. The molecule has 1 aliphatic rings. The van der Waals surface area contributed by atoms with Crippen molar-refractivity contribution >= 4 is 18.0 Å². The number of halogens is 1. The van der Waals surface area contributed by atoms with E-state index >= 15 is 0 Å². The van der Waals surface area contributed by atoms with E-state index in [1.165, 1.54) is 31.5 Å². The van der Waals surface area contributed by atoms with Gasteiger partial charge in [-0.15, -0.1) is 0 Å². The molecular weight excluding hydrogens is 421 g/mol. The molecule has 1 saturated heterocycles. The smallest absolute Gasteiger partial charge is 0.277 e. The van der Waals surface area contributed by atoms with Crippen molar-refractivity contribution in [3.8, 4) is 17.2 Å². The van der Waals surface area contributed by atoms with E-state index in [4.69, 9.17) is 18.9 Å². The molecule has 0 aromatic heterocycles. The van der Waals surface area contributed by atoms with Crippen molar-refractivity contribution in [2.75, 3.05) is 46.6 Å². The summed E-state index contributed by atoms with van der Waals surface area (Å²) in [6, 6.07) is 10.8. The van der Waals surface area contributed by atoms with Gasteiger partial charge in [0.25, 0.3) is 11.8 Å². The van der Waals surface area contributed by atoms with Gasteiger partial charge in [-0.25, -0.2) is 9.82 Å². The first-order chi connectivity index (χ1) is 15.6. The van der Waals surface area contributed by atoms with Crippen molar-refractivity contribution in [2.24, 2.45) is 5.10 Å². The average Bonchev–Trinajstić information content (AvgIpc) is 2.83. The van der Waals surface area contributed by atoms with Crippen molar-refractivity contribution in [2.45, 2.75) is 0 Å². The van der Waals surface area contributed by atoms with Gasteiger partial charge in [0.15, 0.2) is 36.3 Å². The van der Waals surface area contributed by atoms with Gasteiger partial charge in [-0.2, -0.15) is 5.10 Å². The molecule has 0 spiro atoms. The molecule has 0 bridgehead atoms. The molecule has 0 saturated carbocycles. The number of methoxy groups -OCH3 is 1. The fourth-order valence-electron chi connectivity index (χ4n) is 2.84. The summed E-state index contributed by atoms with van der Waals surface area (Å²) in [5.74, 6) is -0.408. The van der Waals surface area contributed by atoms with Crippen LogP contribution in [0, 0.1) is 5.82 Å². The minimum Gasteiger partial charge on any atom is -0.493 e. The fourth-order valence-corrected chi connectivity index (χ4v) is 2.84.